The van der Waals surface area contributed by atoms with Crippen molar-refractivity contribution >= 4 is 11.8 Å². The lowest BCUT2D eigenvalue weighted by Gasteiger charge is -2.38. The first kappa shape index (κ1) is 8.24. The summed E-state index contributed by atoms with van der Waals surface area (Å²) in [5.74, 6) is 0.302. The van der Waals surface area contributed by atoms with Crippen molar-refractivity contribution in [3.63, 3.8) is 0 Å². The molecule has 0 spiro atoms. The quantitative estimate of drug-likeness (QED) is 0.521. The van der Waals surface area contributed by atoms with Gasteiger partial charge in [-0.15, -0.1) is 0 Å². The Morgan fingerprint density at radius 3 is 2.45 bits per heavy atom. The van der Waals surface area contributed by atoms with Crippen molar-refractivity contribution in [2.45, 2.75) is 20.8 Å². The number of amides is 2. The minimum Gasteiger partial charge on any atom is -0.282 e. The van der Waals surface area contributed by atoms with Crippen LogP contribution in [0, 0.1) is 11.8 Å². The van der Waals surface area contributed by atoms with Crippen molar-refractivity contribution in [3.05, 3.63) is 0 Å². The van der Waals surface area contributed by atoms with Gasteiger partial charge in [-0.05, 0) is 5.92 Å². The molecule has 1 saturated heterocycles. The molecule has 0 aromatic heterocycles. The summed E-state index contributed by atoms with van der Waals surface area (Å²) in [6.07, 6.45) is 0. The van der Waals surface area contributed by atoms with Crippen LogP contribution in [0.2, 0.25) is 0 Å². The fourth-order valence-electron chi connectivity index (χ4n) is 1.23. The standard InChI is InChI=1S/C8H13NO2/c1-5(2)7-4-9(6(3)10)8(7)11/h5,7H,4H2,1-3H3/t7-/m0/s1. The Bertz CT molecular complexity index is 198. The van der Waals surface area contributed by atoms with E-state index < -0.39 is 0 Å². The van der Waals surface area contributed by atoms with E-state index in [9.17, 15) is 9.59 Å². The topological polar surface area (TPSA) is 37.4 Å². The van der Waals surface area contributed by atoms with Gasteiger partial charge in [-0.2, -0.15) is 0 Å². The van der Waals surface area contributed by atoms with Crippen molar-refractivity contribution in [1.29, 1.82) is 0 Å². The van der Waals surface area contributed by atoms with Gasteiger partial charge in [-0.25, -0.2) is 0 Å². The summed E-state index contributed by atoms with van der Waals surface area (Å²) < 4.78 is 0. The van der Waals surface area contributed by atoms with Gasteiger partial charge in [-0.3, -0.25) is 14.5 Å². The van der Waals surface area contributed by atoms with Gasteiger partial charge in [0.25, 0.3) is 0 Å². The fraction of sp³-hybridized carbons (Fsp3) is 0.750. The molecule has 0 aromatic carbocycles. The average molecular weight is 155 g/mol. The van der Waals surface area contributed by atoms with Crippen LogP contribution in [0.5, 0.6) is 0 Å². The lowest BCUT2D eigenvalue weighted by Crippen LogP contribution is -2.56. The summed E-state index contributed by atoms with van der Waals surface area (Å²) in [6, 6.07) is 0. The molecule has 0 aromatic rings. The zero-order valence-electron chi connectivity index (χ0n) is 7.13. The Morgan fingerprint density at radius 1 is 1.64 bits per heavy atom. The van der Waals surface area contributed by atoms with E-state index in [1.54, 1.807) is 0 Å². The van der Waals surface area contributed by atoms with Crippen molar-refractivity contribution < 1.29 is 9.59 Å². The number of hydrogen-bond acceptors (Lipinski definition) is 2. The SMILES string of the molecule is CC(=O)N1C[C@@H](C(C)C)C1=O. The third kappa shape index (κ3) is 1.27. The van der Waals surface area contributed by atoms with Crippen molar-refractivity contribution in [1.82, 2.24) is 4.90 Å². The molecule has 1 rings (SSSR count). The summed E-state index contributed by atoms with van der Waals surface area (Å²) in [6.45, 7) is 6.04. The van der Waals surface area contributed by atoms with Crippen LogP contribution in [0.1, 0.15) is 20.8 Å². The van der Waals surface area contributed by atoms with Crippen molar-refractivity contribution in [2.75, 3.05) is 6.54 Å². The molecule has 0 N–H and O–H groups in total. The van der Waals surface area contributed by atoms with Crippen LogP contribution in [-0.4, -0.2) is 23.3 Å². The maximum Gasteiger partial charge on any atom is 0.234 e. The molecule has 11 heavy (non-hydrogen) atoms. The number of β-lactam (4-membered cyclic amide) rings is 1. The maximum atomic E-state index is 11.1. The van der Waals surface area contributed by atoms with E-state index in [4.69, 9.17) is 0 Å². The van der Waals surface area contributed by atoms with Crippen LogP contribution < -0.4 is 0 Å². The Kier molecular flexibility index (Phi) is 1.98. The van der Waals surface area contributed by atoms with E-state index in [1.807, 2.05) is 13.8 Å². The molecule has 1 heterocycles. The predicted octanol–water partition coefficient (Wildman–Crippen LogP) is 0.647. The monoisotopic (exact) mass is 155 g/mol. The van der Waals surface area contributed by atoms with E-state index in [2.05, 4.69) is 0 Å². The maximum absolute atomic E-state index is 11.1. The highest BCUT2D eigenvalue weighted by Crippen LogP contribution is 2.24. The first-order chi connectivity index (χ1) is 5.04. The van der Waals surface area contributed by atoms with Gasteiger partial charge in [0.2, 0.25) is 11.8 Å². The first-order valence-electron chi connectivity index (χ1n) is 3.86. The van der Waals surface area contributed by atoms with Crippen LogP contribution in [0.15, 0.2) is 0 Å². The molecule has 1 fully saturated rings. The lowest BCUT2D eigenvalue weighted by atomic mass is 9.87. The van der Waals surface area contributed by atoms with Crippen LogP contribution >= 0.6 is 0 Å². The number of imide groups is 1. The molecular formula is C8H13NO2. The van der Waals surface area contributed by atoms with Crippen LogP contribution in [-0.2, 0) is 9.59 Å². The first-order valence-corrected chi connectivity index (χ1v) is 3.86. The van der Waals surface area contributed by atoms with Gasteiger partial charge in [0.05, 0.1) is 5.92 Å². The normalized spacial score (nSPS) is 23.8. The van der Waals surface area contributed by atoms with Gasteiger partial charge in [0, 0.05) is 13.5 Å². The Morgan fingerprint density at radius 2 is 2.18 bits per heavy atom. The third-order valence-electron chi connectivity index (χ3n) is 2.15. The molecule has 0 radical (unpaired) electrons. The van der Waals surface area contributed by atoms with Crippen molar-refractivity contribution in [2.24, 2.45) is 11.8 Å². The minimum absolute atomic E-state index is 0.00694. The molecule has 62 valence electrons. The minimum atomic E-state index is -0.132. The summed E-state index contributed by atoms with van der Waals surface area (Å²) in [4.78, 5) is 23.2. The number of hydrogen-bond donors (Lipinski definition) is 0. The van der Waals surface area contributed by atoms with Crippen LogP contribution in [0.4, 0.5) is 0 Å². The molecule has 3 heteroatoms. The van der Waals surface area contributed by atoms with Gasteiger partial charge in [0.1, 0.15) is 0 Å². The molecule has 1 aliphatic rings. The van der Waals surface area contributed by atoms with Gasteiger partial charge < -0.3 is 0 Å². The van der Waals surface area contributed by atoms with Crippen molar-refractivity contribution in [3.8, 4) is 0 Å². The van der Waals surface area contributed by atoms with E-state index in [1.165, 1.54) is 11.8 Å². The lowest BCUT2D eigenvalue weighted by molar-refractivity contribution is -0.159. The fourth-order valence-corrected chi connectivity index (χ4v) is 1.23. The second-order valence-electron chi connectivity index (χ2n) is 3.32. The van der Waals surface area contributed by atoms with Gasteiger partial charge in [-0.1, -0.05) is 13.8 Å². The van der Waals surface area contributed by atoms with E-state index in [0.717, 1.165) is 0 Å². The highest BCUT2D eigenvalue weighted by Gasteiger charge is 2.40. The molecule has 2 amide bonds. The Balaban J connectivity index is 2.51. The van der Waals surface area contributed by atoms with E-state index >= 15 is 0 Å². The number of nitrogens with zero attached hydrogens (tertiary/aromatic N) is 1. The van der Waals surface area contributed by atoms with E-state index in [0.29, 0.717) is 12.5 Å². The molecule has 0 saturated carbocycles. The molecule has 1 atom stereocenters. The molecule has 1 aliphatic heterocycles. The van der Waals surface area contributed by atoms with Gasteiger partial charge >= 0.3 is 0 Å². The largest absolute Gasteiger partial charge is 0.282 e. The average Bonchev–Trinajstić information content (AvgIpc) is 1.82. The second kappa shape index (κ2) is 2.64. The number of rotatable bonds is 1. The highest BCUT2D eigenvalue weighted by molar-refractivity contribution is 6.00. The molecular weight excluding hydrogens is 142 g/mol. The predicted molar refractivity (Wildman–Crippen MR) is 40.7 cm³/mol. The summed E-state index contributed by atoms with van der Waals surface area (Å²) in [5.41, 5.74) is 0. The smallest absolute Gasteiger partial charge is 0.234 e. The zero-order valence-corrected chi connectivity index (χ0v) is 7.13. The van der Waals surface area contributed by atoms with Gasteiger partial charge in [0.15, 0.2) is 0 Å². The second-order valence-corrected chi connectivity index (χ2v) is 3.32. The van der Waals surface area contributed by atoms with Crippen LogP contribution in [0.25, 0.3) is 0 Å². The number of likely N-dealkylation sites (tertiary alicyclic amines) is 1. The Hall–Kier alpha value is -0.860. The van der Waals surface area contributed by atoms with Crippen LogP contribution in [0.3, 0.4) is 0 Å². The summed E-state index contributed by atoms with van der Waals surface area (Å²) in [5, 5.41) is 0. The molecule has 0 aliphatic carbocycles. The zero-order chi connectivity index (χ0) is 8.59. The highest BCUT2D eigenvalue weighted by atomic mass is 16.2. The van der Waals surface area contributed by atoms with E-state index in [-0.39, 0.29) is 17.7 Å². The molecule has 0 bridgehead atoms. The summed E-state index contributed by atoms with van der Waals surface area (Å²) in [7, 11) is 0. The molecule has 3 nitrogen and oxygen atoms in total. The summed E-state index contributed by atoms with van der Waals surface area (Å²) >= 11 is 0. The molecule has 0 unspecified atom stereocenters. The number of carbonyl (C=O) groups is 2. The third-order valence-corrected chi connectivity index (χ3v) is 2.15. The Labute approximate surface area is 66.4 Å². The number of carbonyl (C=O) groups excluding carboxylic acids is 2.